The number of amides is 1. The minimum absolute atomic E-state index is 0.187. The minimum atomic E-state index is -3.78. The van der Waals surface area contributed by atoms with Gasteiger partial charge in [-0.15, -0.1) is 0 Å². The maximum absolute atomic E-state index is 13.5. The Morgan fingerprint density at radius 2 is 1.42 bits per heavy atom. The molecule has 31 heavy (non-hydrogen) atoms. The molecule has 3 aromatic carbocycles. The second-order valence-electron chi connectivity index (χ2n) is 7.65. The molecule has 160 valence electrons. The van der Waals surface area contributed by atoms with Crippen molar-refractivity contribution in [1.29, 1.82) is 0 Å². The van der Waals surface area contributed by atoms with Crippen molar-refractivity contribution < 1.29 is 13.2 Å². The van der Waals surface area contributed by atoms with Crippen LogP contribution in [0.5, 0.6) is 0 Å². The van der Waals surface area contributed by atoms with Crippen molar-refractivity contribution in [2.75, 3.05) is 32.1 Å². The molecule has 7 heteroatoms. The van der Waals surface area contributed by atoms with Crippen LogP contribution >= 0.6 is 0 Å². The number of anilines is 1. The molecule has 0 aliphatic carbocycles. The zero-order valence-corrected chi connectivity index (χ0v) is 18.4. The first kappa shape index (κ1) is 21.1. The van der Waals surface area contributed by atoms with Crippen molar-refractivity contribution in [2.24, 2.45) is 0 Å². The standard InChI is InChI=1S/C24H25N3O3S/c1-25(2)21-15-13-19(14-16-21)23-26(24(28)20-9-5-3-6-10-20)17-18-27(23)31(29,30)22-11-7-4-8-12-22/h3-16,23H,17-18H2,1-2H3/t23-/m0/s1. The molecular weight excluding hydrogens is 410 g/mol. The molecule has 1 aliphatic rings. The Hall–Kier alpha value is -3.16. The molecule has 0 N–H and O–H groups in total. The number of hydrogen-bond acceptors (Lipinski definition) is 4. The summed E-state index contributed by atoms with van der Waals surface area (Å²) >= 11 is 0. The van der Waals surface area contributed by atoms with Gasteiger partial charge in [-0.3, -0.25) is 4.79 Å². The number of hydrogen-bond donors (Lipinski definition) is 0. The molecule has 1 atom stereocenters. The first-order chi connectivity index (χ1) is 14.9. The van der Waals surface area contributed by atoms with E-state index in [1.807, 2.05) is 61.5 Å². The van der Waals surface area contributed by atoms with E-state index in [0.717, 1.165) is 11.3 Å². The lowest BCUT2D eigenvalue weighted by Crippen LogP contribution is -2.38. The fraction of sp³-hybridized carbons (Fsp3) is 0.208. The van der Waals surface area contributed by atoms with E-state index in [9.17, 15) is 13.2 Å². The smallest absolute Gasteiger partial charge is 0.255 e. The maximum Gasteiger partial charge on any atom is 0.255 e. The van der Waals surface area contributed by atoms with Crippen molar-refractivity contribution in [3.8, 4) is 0 Å². The predicted octanol–water partition coefficient (Wildman–Crippen LogP) is 3.60. The Labute approximate surface area is 183 Å². The van der Waals surface area contributed by atoms with Gasteiger partial charge in [-0.1, -0.05) is 48.5 Å². The molecule has 0 bridgehead atoms. The normalized spacial score (nSPS) is 17.0. The average Bonchev–Trinajstić information content (AvgIpc) is 3.26. The Balaban J connectivity index is 1.77. The number of benzene rings is 3. The number of sulfonamides is 1. The number of carbonyl (C=O) groups excluding carboxylic acids is 1. The van der Waals surface area contributed by atoms with Crippen LogP contribution in [0.4, 0.5) is 5.69 Å². The zero-order chi connectivity index (χ0) is 22.0. The van der Waals surface area contributed by atoms with Crippen molar-refractivity contribution in [1.82, 2.24) is 9.21 Å². The lowest BCUT2D eigenvalue weighted by Gasteiger charge is -2.30. The Morgan fingerprint density at radius 1 is 0.839 bits per heavy atom. The SMILES string of the molecule is CN(C)c1ccc([C@H]2N(C(=O)c3ccccc3)CCN2S(=O)(=O)c2ccccc2)cc1. The summed E-state index contributed by atoms with van der Waals surface area (Å²) in [6, 6.07) is 25.0. The topological polar surface area (TPSA) is 60.9 Å². The van der Waals surface area contributed by atoms with Crippen LogP contribution in [0, 0.1) is 0 Å². The van der Waals surface area contributed by atoms with Crippen LogP contribution in [0.2, 0.25) is 0 Å². The van der Waals surface area contributed by atoms with E-state index in [1.54, 1.807) is 47.4 Å². The molecule has 0 unspecified atom stereocenters. The van der Waals surface area contributed by atoms with E-state index >= 15 is 0 Å². The first-order valence-corrected chi connectivity index (χ1v) is 11.5. The van der Waals surface area contributed by atoms with Crippen molar-refractivity contribution >= 4 is 21.6 Å². The minimum Gasteiger partial charge on any atom is -0.378 e. The summed E-state index contributed by atoms with van der Waals surface area (Å²) in [5.74, 6) is -0.187. The van der Waals surface area contributed by atoms with Gasteiger partial charge in [0.05, 0.1) is 4.90 Å². The van der Waals surface area contributed by atoms with E-state index in [-0.39, 0.29) is 17.3 Å². The van der Waals surface area contributed by atoms with Gasteiger partial charge in [-0.25, -0.2) is 8.42 Å². The Morgan fingerprint density at radius 3 is 2.00 bits per heavy atom. The molecule has 6 nitrogen and oxygen atoms in total. The highest BCUT2D eigenvalue weighted by Gasteiger charge is 2.43. The van der Waals surface area contributed by atoms with Gasteiger partial charge in [0.1, 0.15) is 6.17 Å². The van der Waals surface area contributed by atoms with E-state index in [0.29, 0.717) is 12.1 Å². The summed E-state index contributed by atoms with van der Waals surface area (Å²) in [6.07, 6.45) is -0.714. The summed E-state index contributed by atoms with van der Waals surface area (Å²) < 4.78 is 28.4. The zero-order valence-electron chi connectivity index (χ0n) is 17.5. The highest BCUT2D eigenvalue weighted by molar-refractivity contribution is 7.89. The van der Waals surface area contributed by atoms with Crippen LogP contribution in [-0.2, 0) is 10.0 Å². The highest BCUT2D eigenvalue weighted by Crippen LogP contribution is 2.36. The fourth-order valence-corrected chi connectivity index (χ4v) is 5.43. The molecular formula is C24H25N3O3S. The molecule has 1 amide bonds. The van der Waals surface area contributed by atoms with Crippen LogP contribution in [0.1, 0.15) is 22.1 Å². The molecule has 1 fully saturated rings. The summed E-state index contributed by atoms with van der Waals surface area (Å²) in [5, 5.41) is 0. The molecule has 0 aromatic heterocycles. The van der Waals surface area contributed by atoms with Gasteiger partial charge >= 0.3 is 0 Å². The van der Waals surface area contributed by atoms with Gasteiger partial charge in [0.25, 0.3) is 5.91 Å². The van der Waals surface area contributed by atoms with Gasteiger partial charge in [0, 0.05) is 38.4 Å². The van der Waals surface area contributed by atoms with Gasteiger partial charge in [0.15, 0.2) is 0 Å². The number of rotatable bonds is 5. The van der Waals surface area contributed by atoms with E-state index in [1.165, 1.54) is 4.31 Å². The lowest BCUT2D eigenvalue weighted by molar-refractivity contribution is 0.0693. The molecule has 1 saturated heterocycles. The molecule has 1 aliphatic heterocycles. The second kappa shape index (κ2) is 8.53. The van der Waals surface area contributed by atoms with Crippen molar-refractivity contribution in [3.63, 3.8) is 0 Å². The third-order valence-corrected chi connectivity index (χ3v) is 7.34. The van der Waals surface area contributed by atoms with Crippen molar-refractivity contribution in [2.45, 2.75) is 11.1 Å². The van der Waals surface area contributed by atoms with E-state index in [2.05, 4.69) is 0 Å². The molecule has 4 rings (SSSR count). The van der Waals surface area contributed by atoms with Gasteiger partial charge in [0.2, 0.25) is 10.0 Å². The van der Waals surface area contributed by atoms with Gasteiger partial charge < -0.3 is 9.80 Å². The molecule has 0 spiro atoms. The summed E-state index contributed by atoms with van der Waals surface area (Å²) in [4.78, 5) is 17.1. The largest absolute Gasteiger partial charge is 0.378 e. The average molecular weight is 436 g/mol. The third kappa shape index (κ3) is 4.06. The van der Waals surface area contributed by atoms with Crippen LogP contribution in [0.15, 0.2) is 89.8 Å². The molecule has 0 radical (unpaired) electrons. The van der Waals surface area contributed by atoms with Crippen LogP contribution in [0.25, 0.3) is 0 Å². The molecule has 1 heterocycles. The maximum atomic E-state index is 13.5. The predicted molar refractivity (Wildman–Crippen MR) is 121 cm³/mol. The second-order valence-corrected chi connectivity index (χ2v) is 9.54. The lowest BCUT2D eigenvalue weighted by atomic mass is 10.1. The molecule has 3 aromatic rings. The molecule has 0 saturated carbocycles. The first-order valence-electron chi connectivity index (χ1n) is 10.1. The Kier molecular flexibility index (Phi) is 5.80. The quantitative estimate of drug-likeness (QED) is 0.614. The highest BCUT2D eigenvalue weighted by atomic mass is 32.2. The van der Waals surface area contributed by atoms with Crippen LogP contribution in [-0.4, -0.2) is 50.7 Å². The monoisotopic (exact) mass is 435 g/mol. The van der Waals surface area contributed by atoms with Crippen LogP contribution < -0.4 is 4.90 Å². The third-order valence-electron chi connectivity index (χ3n) is 5.47. The van der Waals surface area contributed by atoms with Gasteiger partial charge in [-0.2, -0.15) is 4.31 Å². The fourth-order valence-electron chi connectivity index (χ4n) is 3.84. The van der Waals surface area contributed by atoms with E-state index < -0.39 is 16.2 Å². The van der Waals surface area contributed by atoms with Gasteiger partial charge in [-0.05, 0) is 42.0 Å². The Bertz CT molecular complexity index is 1150. The summed E-state index contributed by atoms with van der Waals surface area (Å²) in [7, 11) is 0.111. The summed E-state index contributed by atoms with van der Waals surface area (Å²) in [6.45, 7) is 0.551. The van der Waals surface area contributed by atoms with Crippen LogP contribution in [0.3, 0.4) is 0 Å². The van der Waals surface area contributed by atoms with Crippen molar-refractivity contribution in [3.05, 3.63) is 96.1 Å². The van der Waals surface area contributed by atoms with E-state index in [4.69, 9.17) is 0 Å². The number of nitrogens with zero attached hydrogens (tertiary/aromatic N) is 3. The number of carbonyl (C=O) groups is 1. The summed E-state index contributed by atoms with van der Waals surface area (Å²) in [5.41, 5.74) is 2.29.